The number of methoxy groups -OCH3 is 1. The SMILES string of the molecule is COC(=O)c1ncc(C#CCCCNc2c3c(nc4ccccc24)CCCC3)cc1OCc1ccccc1. The van der Waals surface area contributed by atoms with Crippen molar-refractivity contribution < 1.29 is 14.3 Å². The molecule has 0 saturated carbocycles. The molecule has 6 nitrogen and oxygen atoms in total. The summed E-state index contributed by atoms with van der Waals surface area (Å²) in [6.07, 6.45) is 7.79. The van der Waals surface area contributed by atoms with Gasteiger partial charge in [0.15, 0.2) is 11.4 Å². The van der Waals surface area contributed by atoms with Gasteiger partial charge in [-0.25, -0.2) is 9.78 Å². The van der Waals surface area contributed by atoms with Crippen LogP contribution in [0.15, 0.2) is 66.9 Å². The van der Waals surface area contributed by atoms with Crippen LogP contribution in [-0.4, -0.2) is 29.6 Å². The third-order valence-electron chi connectivity index (χ3n) is 6.65. The van der Waals surface area contributed by atoms with Crippen LogP contribution in [0.25, 0.3) is 10.9 Å². The Hall–Kier alpha value is -4.37. The highest BCUT2D eigenvalue weighted by molar-refractivity contribution is 5.93. The Morgan fingerprint density at radius 2 is 1.87 bits per heavy atom. The zero-order valence-corrected chi connectivity index (χ0v) is 21.6. The van der Waals surface area contributed by atoms with E-state index >= 15 is 0 Å². The van der Waals surface area contributed by atoms with Gasteiger partial charge in [0, 0.05) is 41.5 Å². The van der Waals surface area contributed by atoms with Gasteiger partial charge in [-0.3, -0.25) is 4.98 Å². The number of aromatic nitrogens is 2. The Kier molecular flexibility index (Phi) is 8.15. The summed E-state index contributed by atoms with van der Waals surface area (Å²) in [5.74, 6) is 6.23. The lowest BCUT2D eigenvalue weighted by Crippen LogP contribution is -2.12. The molecule has 0 unspecified atom stereocenters. The first-order valence-electron chi connectivity index (χ1n) is 13.1. The number of aryl methyl sites for hydroxylation is 1. The number of ether oxygens (including phenoxy) is 2. The first kappa shape index (κ1) is 25.3. The second kappa shape index (κ2) is 12.2. The lowest BCUT2D eigenvalue weighted by Gasteiger charge is -2.21. The van der Waals surface area contributed by atoms with Crippen LogP contribution in [0.5, 0.6) is 5.75 Å². The molecule has 2 heterocycles. The fraction of sp³-hybridized carbons (Fsp3) is 0.281. The number of para-hydroxylation sites is 1. The number of carbonyl (C=O) groups excluding carboxylic acids is 1. The molecule has 6 heteroatoms. The Balaban J connectivity index is 1.23. The molecule has 0 saturated heterocycles. The summed E-state index contributed by atoms with van der Waals surface area (Å²) >= 11 is 0. The maximum absolute atomic E-state index is 12.2. The maximum atomic E-state index is 12.2. The monoisotopic (exact) mass is 505 g/mol. The van der Waals surface area contributed by atoms with Crippen molar-refractivity contribution in [3.8, 4) is 17.6 Å². The predicted octanol–water partition coefficient (Wildman–Crippen LogP) is 6.12. The zero-order chi connectivity index (χ0) is 26.2. The molecule has 0 spiro atoms. The number of pyridine rings is 2. The van der Waals surface area contributed by atoms with E-state index in [-0.39, 0.29) is 5.69 Å². The summed E-state index contributed by atoms with van der Waals surface area (Å²) in [5, 5.41) is 4.88. The highest BCUT2D eigenvalue weighted by Crippen LogP contribution is 2.33. The van der Waals surface area contributed by atoms with Crippen LogP contribution in [0.3, 0.4) is 0 Å². The van der Waals surface area contributed by atoms with Crippen molar-refractivity contribution in [2.75, 3.05) is 19.0 Å². The molecule has 0 radical (unpaired) electrons. The smallest absolute Gasteiger partial charge is 0.360 e. The van der Waals surface area contributed by atoms with Gasteiger partial charge >= 0.3 is 5.97 Å². The number of hydrogen-bond acceptors (Lipinski definition) is 6. The van der Waals surface area contributed by atoms with Crippen molar-refractivity contribution in [3.05, 3.63) is 94.9 Å². The molecule has 0 aliphatic heterocycles. The Bertz CT molecular complexity index is 1490. The molecule has 4 aromatic rings. The van der Waals surface area contributed by atoms with E-state index < -0.39 is 5.97 Å². The van der Waals surface area contributed by atoms with E-state index in [2.05, 4.69) is 46.4 Å². The van der Waals surface area contributed by atoms with Crippen LogP contribution in [0.1, 0.15) is 58.6 Å². The summed E-state index contributed by atoms with van der Waals surface area (Å²) in [7, 11) is 1.33. The summed E-state index contributed by atoms with van der Waals surface area (Å²) < 4.78 is 10.8. The van der Waals surface area contributed by atoms with Crippen molar-refractivity contribution in [1.82, 2.24) is 9.97 Å². The number of nitrogens with zero attached hydrogens (tertiary/aromatic N) is 2. The number of hydrogen-bond donors (Lipinski definition) is 1. The average molecular weight is 506 g/mol. The zero-order valence-electron chi connectivity index (χ0n) is 21.6. The van der Waals surface area contributed by atoms with Gasteiger partial charge in [0.2, 0.25) is 0 Å². The molecule has 2 aromatic carbocycles. The van der Waals surface area contributed by atoms with E-state index in [1.165, 1.54) is 42.3 Å². The average Bonchev–Trinajstić information content (AvgIpc) is 2.97. The summed E-state index contributed by atoms with van der Waals surface area (Å²) in [6, 6.07) is 19.9. The number of fused-ring (bicyclic) bond motifs is 2. The largest absolute Gasteiger partial charge is 0.486 e. The van der Waals surface area contributed by atoms with Crippen LogP contribution in [0.4, 0.5) is 5.69 Å². The summed E-state index contributed by atoms with van der Waals surface area (Å²) in [5.41, 5.74) is 6.75. The van der Waals surface area contributed by atoms with E-state index in [1.54, 1.807) is 12.3 Å². The second-order valence-electron chi connectivity index (χ2n) is 9.31. The molecular formula is C32H31N3O3. The molecule has 38 heavy (non-hydrogen) atoms. The van der Waals surface area contributed by atoms with E-state index in [4.69, 9.17) is 14.5 Å². The number of carbonyl (C=O) groups is 1. The fourth-order valence-corrected chi connectivity index (χ4v) is 4.74. The molecule has 1 N–H and O–H groups in total. The van der Waals surface area contributed by atoms with Gasteiger partial charge < -0.3 is 14.8 Å². The fourth-order valence-electron chi connectivity index (χ4n) is 4.74. The predicted molar refractivity (Wildman–Crippen MR) is 149 cm³/mol. The maximum Gasteiger partial charge on any atom is 0.360 e. The van der Waals surface area contributed by atoms with Crippen molar-refractivity contribution in [2.24, 2.45) is 0 Å². The van der Waals surface area contributed by atoms with Gasteiger partial charge in [0.25, 0.3) is 0 Å². The van der Waals surface area contributed by atoms with Crippen molar-refractivity contribution in [3.63, 3.8) is 0 Å². The minimum Gasteiger partial charge on any atom is -0.486 e. The van der Waals surface area contributed by atoms with Gasteiger partial charge in [0.1, 0.15) is 6.61 Å². The summed E-state index contributed by atoms with van der Waals surface area (Å²) in [6.45, 7) is 1.16. The minimum atomic E-state index is -0.538. The lowest BCUT2D eigenvalue weighted by molar-refractivity contribution is 0.0588. The van der Waals surface area contributed by atoms with Crippen LogP contribution in [-0.2, 0) is 24.2 Å². The van der Waals surface area contributed by atoms with Gasteiger partial charge in [0.05, 0.1) is 12.6 Å². The molecule has 1 aliphatic rings. The molecule has 0 fully saturated rings. The van der Waals surface area contributed by atoms with Crippen LogP contribution in [0.2, 0.25) is 0 Å². The standard InChI is InChI=1S/C32H31N3O3/c1-37-32(36)31-29(38-22-23-12-4-2-5-13-23)20-24(21-34-31)14-6-3-11-19-33-30-25-15-7-9-17-27(25)35-28-18-10-8-16-26(28)30/h2,4-5,7,9,12-13,15,17,20-21H,3,8,10-11,16,18-19,22H2,1H3,(H,33,35). The first-order valence-corrected chi connectivity index (χ1v) is 13.1. The second-order valence-corrected chi connectivity index (χ2v) is 9.31. The first-order chi connectivity index (χ1) is 18.7. The third-order valence-corrected chi connectivity index (χ3v) is 6.65. The minimum absolute atomic E-state index is 0.145. The van der Waals surface area contributed by atoms with Gasteiger partial charge in [-0.2, -0.15) is 0 Å². The number of unbranched alkanes of at least 4 members (excludes halogenated alkanes) is 1. The quantitative estimate of drug-likeness (QED) is 0.177. The van der Waals surface area contributed by atoms with Crippen LogP contribution < -0.4 is 10.1 Å². The van der Waals surface area contributed by atoms with Crippen LogP contribution in [0, 0.1) is 11.8 Å². The molecule has 1 aliphatic carbocycles. The van der Waals surface area contributed by atoms with E-state index in [9.17, 15) is 4.79 Å². The molecule has 0 atom stereocenters. The number of anilines is 1. The molecular weight excluding hydrogens is 474 g/mol. The highest BCUT2D eigenvalue weighted by Gasteiger charge is 2.18. The van der Waals surface area contributed by atoms with Gasteiger partial charge in [-0.05, 0) is 55.4 Å². The number of rotatable bonds is 8. The molecule has 2 aromatic heterocycles. The van der Waals surface area contributed by atoms with Crippen molar-refractivity contribution >= 4 is 22.6 Å². The third kappa shape index (κ3) is 5.95. The summed E-state index contributed by atoms with van der Waals surface area (Å²) in [4.78, 5) is 21.4. The van der Waals surface area contributed by atoms with Gasteiger partial charge in [-0.1, -0.05) is 60.4 Å². The Labute approximate surface area is 223 Å². The number of benzene rings is 2. The van der Waals surface area contributed by atoms with Crippen LogP contribution >= 0.6 is 0 Å². The Morgan fingerprint density at radius 3 is 2.74 bits per heavy atom. The Morgan fingerprint density at radius 1 is 1.05 bits per heavy atom. The van der Waals surface area contributed by atoms with Crippen molar-refractivity contribution in [1.29, 1.82) is 0 Å². The van der Waals surface area contributed by atoms with Crippen molar-refractivity contribution in [2.45, 2.75) is 45.1 Å². The number of nitrogens with one attached hydrogen (secondary N) is 1. The van der Waals surface area contributed by atoms with E-state index in [0.717, 1.165) is 43.3 Å². The topological polar surface area (TPSA) is 73.3 Å². The van der Waals surface area contributed by atoms with E-state index in [0.29, 0.717) is 17.9 Å². The molecule has 5 rings (SSSR count). The van der Waals surface area contributed by atoms with Gasteiger partial charge in [-0.15, -0.1) is 0 Å². The molecule has 0 bridgehead atoms. The normalized spacial score (nSPS) is 12.2. The molecule has 192 valence electrons. The lowest BCUT2D eigenvalue weighted by atomic mass is 9.92. The highest BCUT2D eigenvalue weighted by atomic mass is 16.5. The van der Waals surface area contributed by atoms with E-state index in [1.807, 2.05) is 30.3 Å². The molecule has 0 amide bonds. The number of esters is 1.